The topological polar surface area (TPSA) is 43.8 Å². The predicted octanol–water partition coefficient (Wildman–Crippen LogP) is 4.64. The molecule has 2 aromatic rings. The van der Waals surface area contributed by atoms with Gasteiger partial charge < -0.3 is 14.2 Å². The quantitative estimate of drug-likeness (QED) is 0.732. The minimum Gasteiger partial charge on any atom is -0.493 e. The second kappa shape index (κ2) is 7.78. The number of fused-ring (bicyclic) bond motifs is 4. The van der Waals surface area contributed by atoms with Crippen LogP contribution in [0, 0.1) is 5.92 Å². The highest BCUT2D eigenvalue weighted by atomic mass is 35.5. The van der Waals surface area contributed by atoms with Gasteiger partial charge in [0.2, 0.25) is 0 Å². The number of hydrogen-bond donors (Lipinski definition) is 0. The number of halogens is 1. The summed E-state index contributed by atoms with van der Waals surface area (Å²) in [6.45, 7) is 3.63. The summed E-state index contributed by atoms with van der Waals surface area (Å²) in [5.74, 6) is 2.08. The molecule has 0 bridgehead atoms. The van der Waals surface area contributed by atoms with Crippen molar-refractivity contribution in [1.82, 2.24) is 9.88 Å². The van der Waals surface area contributed by atoms with Crippen molar-refractivity contribution < 1.29 is 14.2 Å². The smallest absolute Gasteiger partial charge is 0.167 e. The summed E-state index contributed by atoms with van der Waals surface area (Å²) in [5.41, 5.74) is 2.02. The Bertz CT molecular complexity index is 865. The number of rotatable bonds is 3. The lowest BCUT2D eigenvalue weighted by Gasteiger charge is -2.53. The highest BCUT2D eigenvalue weighted by Crippen LogP contribution is 2.55. The van der Waals surface area contributed by atoms with Gasteiger partial charge in [0.25, 0.3) is 0 Å². The van der Waals surface area contributed by atoms with Crippen LogP contribution in [0.15, 0.2) is 36.5 Å². The van der Waals surface area contributed by atoms with Gasteiger partial charge in [-0.1, -0.05) is 23.7 Å². The van der Waals surface area contributed by atoms with Gasteiger partial charge >= 0.3 is 0 Å². The van der Waals surface area contributed by atoms with E-state index >= 15 is 0 Å². The molecule has 0 N–H and O–H groups in total. The monoisotopic (exact) mass is 414 g/mol. The molecule has 0 aliphatic carbocycles. The summed E-state index contributed by atoms with van der Waals surface area (Å²) in [5, 5.41) is 0.679. The number of likely N-dealkylation sites (tertiary alicyclic amines) is 1. The fourth-order valence-electron chi connectivity index (χ4n) is 5.22. The number of para-hydroxylation sites is 1. The predicted molar refractivity (Wildman–Crippen MR) is 112 cm³/mol. The molecule has 154 valence electrons. The zero-order valence-electron chi connectivity index (χ0n) is 16.8. The fraction of sp³-hybridized carbons (Fsp3) is 0.522. The first-order valence-electron chi connectivity index (χ1n) is 10.5. The Morgan fingerprint density at radius 2 is 2.10 bits per heavy atom. The SMILES string of the molecule is COc1cccc2c1OC1(CCN(Cc3ccc(Cl)cn3)CC1)[C@H]1CCCO[C@H]21. The van der Waals surface area contributed by atoms with E-state index < -0.39 is 0 Å². The van der Waals surface area contributed by atoms with Crippen LogP contribution >= 0.6 is 11.6 Å². The van der Waals surface area contributed by atoms with Crippen LogP contribution in [0.4, 0.5) is 0 Å². The second-order valence-electron chi connectivity index (χ2n) is 8.33. The standard InChI is InChI=1S/C23H27ClN2O3/c1-27-20-6-2-4-18-21-19(5-3-13-28-21)23(29-22(18)20)9-11-26(12-10-23)15-17-8-7-16(24)14-25-17/h2,4,6-8,14,19,21H,3,5,9-13,15H2,1H3/t19-,21+/m0/s1. The molecule has 2 saturated heterocycles. The van der Waals surface area contributed by atoms with E-state index in [-0.39, 0.29) is 11.7 Å². The average Bonchev–Trinajstić information content (AvgIpc) is 2.77. The number of methoxy groups -OCH3 is 1. The van der Waals surface area contributed by atoms with E-state index in [2.05, 4.69) is 16.0 Å². The lowest BCUT2D eigenvalue weighted by atomic mass is 9.70. The number of hydrogen-bond acceptors (Lipinski definition) is 5. The Morgan fingerprint density at radius 1 is 1.24 bits per heavy atom. The summed E-state index contributed by atoms with van der Waals surface area (Å²) < 4.78 is 18.7. The molecule has 2 atom stereocenters. The molecule has 0 radical (unpaired) electrons. The van der Waals surface area contributed by atoms with Crippen LogP contribution in [0.5, 0.6) is 11.5 Å². The van der Waals surface area contributed by atoms with Crippen molar-refractivity contribution in [1.29, 1.82) is 0 Å². The molecule has 3 aliphatic rings. The van der Waals surface area contributed by atoms with Gasteiger partial charge in [-0.3, -0.25) is 9.88 Å². The molecule has 5 nitrogen and oxygen atoms in total. The third-order valence-electron chi connectivity index (χ3n) is 6.72. The maximum atomic E-state index is 6.80. The van der Waals surface area contributed by atoms with E-state index in [1.165, 1.54) is 0 Å². The Hall–Kier alpha value is -1.82. The molecule has 2 fully saturated rings. The van der Waals surface area contributed by atoms with E-state index in [1.807, 2.05) is 24.3 Å². The molecule has 0 amide bonds. The number of piperidine rings is 1. The summed E-state index contributed by atoms with van der Waals surface area (Å²) in [6.07, 6.45) is 6.06. The van der Waals surface area contributed by atoms with Gasteiger partial charge in [0.1, 0.15) is 5.60 Å². The first-order chi connectivity index (χ1) is 14.2. The van der Waals surface area contributed by atoms with Gasteiger partial charge in [-0.25, -0.2) is 0 Å². The lowest BCUT2D eigenvalue weighted by Crippen LogP contribution is -2.57. The van der Waals surface area contributed by atoms with E-state index in [0.29, 0.717) is 10.9 Å². The van der Waals surface area contributed by atoms with Crippen molar-refractivity contribution in [2.45, 2.75) is 43.9 Å². The molecule has 0 unspecified atom stereocenters. The van der Waals surface area contributed by atoms with Crippen molar-refractivity contribution >= 4 is 11.6 Å². The summed E-state index contributed by atoms with van der Waals surface area (Å²) in [6, 6.07) is 10.1. The largest absolute Gasteiger partial charge is 0.493 e. The molecule has 0 saturated carbocycles. The van der Waals surface area contributed by atoms with E-state index in [4.69, 9.17) is 25.8 Å². The van der Waals surface area contributed by atoms with Gasteiger partial charge in [-0.15, -0.1) is 0 Å². The van der Waals surface area contributed by atoms with Gasteiger partial charge in [-0.05, 0) is 31.0 Å². The van der Waals surface area contributed by atoms with Crippen molar-refractivity contribution in [3.05, 3.63) is 52.8 Å². The summed E-state index contributed by atoms with van der Waals surface area (Å²) >= 11 is 5.97. The highest BCUT2D eigenvalue weighted by molar-refractivity contribution is 6.30. The van der Waals surface area contributed by atoms with Crippen LogP contribution in [-0.4, -0.2) is 42.3 Å². The number of nitrogens with zero attached hydrogens (tertiary/aromatic N) is 2. The Morgan fingerprint density at radius 3 is 2.86 bits per heavy atom. The number of benzene rings is 1. The van der Waals surface area contributed by atoms with Crippen LogP contribution in [0.3, 0.4) is 0 Å². The lowest BCUT2D eigenvalue weighted by molar-refractivity contribution is -0.150. The Balaban J connectivity index is 1.38. The molecule has 3 aliphatic heterocycles. The second-order valence-corrected chi connectivity index (χ2v) is 8.77. The Kier molecular flexibility index (Phi) is 5.14. The zero-order chi connectivity index (χ0) is 19.8. The molecule has 5 rings (SSSR count). The van der Waals surface area contributed by atoms with Gasteiger partial charge in [0.05, 0.1) is 23.9 Å². The normalized spacial score (nSPS) is 25.7. The summed E-state index contributed by atoms with van der Waals surface area (Å²) in [7, 11) is 1.71. The average molecular weight is 415 g/mol. The van der Waals surface area contributed by atoms with Crippen LogP contribution in [0.25, 0.3) is 0 Å². The van der Waals surface area contributed by atoms with Crippen molar-refractivity contribution in [2.75, 3.05) is 26.8 Å². The van der Waals surface area contributed by atoms with E-state index in [1.54, 1.807) is 13.3 Å². The molecular weight excluding hydrogens is 388 g/mol. The molecule has 6 heteroatoms. The van der Waals surface area contributed by atoms with Crippen LogP contribution in [0.2, 0.25) is 5.02 Å². The first kappa shape index (κ1) is 19.2. The fourth-order valence-corrected chi connectivity index (χ4v) is 5.34. The van der Waals surface area contributed by atoms with Crippen molar-refractivity contribution in [2.24, 2.45) is 5.92 Å². The number of pyridine rings is 1. The van der Waals surface area contributed by atoms with Crippen LogP contribution in [-0.2, 0) is 11.3 Å². The maximum absolute atomic E-state index is 6.80. The van der Waals surface area contributed by atoms with Crippen LogP contribution < -0.4 is 9.47 Å². The number of aromatic nitrogens is 1. The molecule has 1 aromatic carbocycles. The minimum atomic E-state index is -0.184. The van der Waals surface area contributed by atoms with Crippen LogP contribution in [0.1, 0.15) is 43.0 Å². The third kappa shape index (κ3) is 3.49. The third-order valence-corrected chi connectivity index (χ3v) is 6.94. The molecule has 1 spiro atoms. The first-order valence-corrected chi connectivity index (χ1v) is 10.9. The van der Waals surface area contributed by atoms with E-state index in [9.17, 15) is 0 Å². The Labute approximate surface area is 176 Å². The van der Waals surface area contributed by atoms with Crippen molar-refractivity contribution in [3.63, 3.8) is 0 Å². The summed E-state index contributed by atoms with van der Waals surface area (Å²) in [4.78, 5) is 6.91. The van der Waals surface area contributed by atoms with Gasteiger partial charge in [-0.2, -0.15) is 0 Å². The van der Waals surface area contributed by atoms with E-state index in [0.717, 1.165) is 74.7 Å². The molecule has 29 heavy (non-hydrogen) atoms. The maximum Gasteiger partial charge on any atom is 0.167 e. The molecule has 4 heterocycles. The van der Waals surface area contributed by atoms with Gasteiger partial charge in [0.15, 0.2) is 11.5 Å². The molecule has 1 aromatic heterocycles. The van der Waals surface area contributed by atoms with Crippen molar-refractivity contribution in [3.8, 4) is 11.5 Å². The zero-order valence-corrected chi connectivity index (χ0v) is 17.5. The molecular formula is C23H27ClN2O3. The number of ether oxygens (including phenoxy) is 3. The highest BCUT2D eigenvalue weighted by Gasteiger charge is 2.53. The minimum absolute atomic E-state index is 0.104. The van der Waals surface area contributed by atoms with Gasteiger partial charge in [0, 0.05) is 56.8 Å².